The van der Waals surface area contributed by atoms with Crippen molar-refractivity contribution < 1.29 is 4.79 Å². The lowest BCUT2D eigenvalue weighted by atomic mass is 10.00. The molecular weight excluding hydrogens is 336 g/mol. The van der Waals surface area contributed by atoms with Crippen molar-refractivity contribution in [3.05, 3.63) is 52.3 Å². The van der Waals surface area contributed by atoms with Crippen LogP contribution in [0.4, 0.5) is 0 Å². The van der Waals surface area contributed by atoms with Gasteiger partial charge in [0, 0.05) is 44.0 Å². The first-order valence-corrected chi connectivity index (χ1v) is 10.0. The predicted molar refractivity (Wildman–Crippen MR) is 109 cm³/mol. The summed E-state index contributed by atoms with van der Waals surface area (Å²) >= 11 is 0. The highest BCUT2D eigenvalue weighted by Gasteiger charge is 2.17. The van der Waals surface area contributed by atoms with E-state index in [4.69, 9.17) is 0 Å². The lowest BCUT2D eigenvalue weighted by molar-refractivity contribution is -0.120. The van der Waals surface area contributed by atoms with Gasteiger partial charge in [-0.1, -0.05) is 38.1 Å². The molecule has 5 heteroatoms. The summed E-state index contributed by atoms with van der Waals surface area (Å²) in [6, 6.07) is 8.65. The fourth-order valence-corrected chi connectivity index (χ4v) is 3.83. The van der Waals surface area contributed by atoms with E-state index in [0.717, 1.165) is 49.6 Å². The van der Waals surface area contributed by atoms with Crippen molar-refractivity contribution in [3.8, 4) is 0 Å². The van der Waals surface area contributed by atoms with Crippen molar-refractivity contribution in [2.45, 2.75) is 53.6 Å². The summed E-state index contributed by atoms with van der Waals surface area (Å²) in [5.74, 6) is 0.627. The molecule has 27 heavy (non-hydrogen) atoms. The van der Waals surface area contributed by atoms with E-state index < -0.39 is 0 Å². The van der Waals surface area contributed by atoms with E-state index in [1.807, 2.05) is 11.6 Å². The normalized spacial score (nSPS) is 14.4. The van der Waals surface area contributed by atoms with Gasteiger partial charge in [0.15, 0.2) is 0 Å². The number of hydrogen-bond acceptors (Lipinski definition) is 3. The minimum absolute atomic E-state index is 0.0858. The van der Waals surface area contributed by atoms with E-state index in [1.165, 1.54) is 11.1 Å². The van der Waals surface area contributed by atoms with Crippen LogP contribution >= 0.6 is 0 Å². The van der Waals surface area contributed by atoms with Crippen LogP contribution in [-0.2, 0) is 30.7 Å². The highest BCUT2D eigenvalue weighted by molar-refractivity contribution is 5.79. The third-order valence-electron chi connectivity index (χ3n) is 5.37. The van der Waals surface area contributed by atoms with Gasteiger partial charge in [-0.15, -0.1) is 0 Å². The van der Waals surface area contributed by atoms with Crippen LogP contribution in [0.3, 0.4) is 0 Å². The zero-order valence-corrected chi connectivity index (χ0v) is 17.1. The molecule has 1 N–H and O–H groups in total. The number of carbonyl (C=O) groups excluding carboxylic acids is 1. The number of fused-ring (bicyclic) bond motifs is 1. The summed E-state index contributed by atoms with van der Waals surface area (Å²) in [6.45, 7) is 12.9. The quantitative estimate of drug-likeness (QED) is 0.818. The summed E-state index contributed by atoms with van der Waals surface area (Å²) < 4.78 is 2.04. The number of aromatic nitrogens is 2. The van der Waals surface area contributed by atoms with Gasteiger partial charge in [0.05, 0.1) is 12.1 Å². The number of hydrogen-bond donors (Lipinski definition) is 1. The molecule has 1 aromatic carbocycles. The van der Waals surface area contributed by atoms with Crippen molar-refractivity contribution >= 4 is 5.91 Å². The minimum atomic E-state index is 0.0858. The number of nitrogens with one attached hydrogen (secondary N) is 1. The Kier molecular flexibility index (Phi) is 6.32. The molecule has 0 radical (unpaired) electrons. The highest BCUT2D eigenvalue weighted by Crippen LogP contribution is 2.18. The Bertz CT molecular complexity index is 794. The average Bonchev–Trinajstić information content (AvgIpc) is 2.88. The minimum Gasteiger partial charge on any atom is -0.355 e. The smallest absolute Gasteiger partial charge is 0.224 e. The molecular formula is C22H32N4O. The first-order valence-electron chi connectivity index (χ1n) is 10.0. The molecule has 0 aliphatic carbocycles. The number of rotatable bonds is 7. The third kappa shape index (κ3) is 4.98. The monoisotopic (exact) mass is 368 g/mol. The number of amides is 1. The van der Waals surface area contributed by atoms with Gasteiger partial charge in [-0.25, -0.2) is 0 Å². The molecule has 1 amide bonds. The van der Waals surface area contributed by atoms with Gasteiger partial charge >= 0.3 is 0 Å². The molecule has 1 aliphatic heterocycles. The lowest BCUT2D eigenvalue weighted by Crippen LogP contribution is -2.38. The SMILES string of the molecule is Cc1nn(CC(C)C)c(C)c1CC(=O)NCCN1CCc2ccccc2C1. The zero-order valence-electron chi connectivity index (χ0n) is 17.1. The average molecular weight is 369 g/mol. The Morgan fingerprint density at radius 1 is 1.22 bits per heavy atom. The first-order chi connectivity index (χ1) is 12.9. The third-order valence-corrected chi connectivity index (χ3v) is 5.37. The van der Waals surface area contributed by atoms with Gasteiger partial charge in [-0.05, 0) is 37.3 Å². The zero-order chi connectivity index (χ0) is 19.4. The molecule has 0 atom stereocenters. The van der Waals surface area contributed by atoms with E-state index in [1.54, 1.807) is 0 Å². The molecule has 0 fully saturated rings. The molecule has 0 saturated heterocycles. The van der Waals surface area contributed by atoms with Gasteiger partial charge in [-0.2, -0.15) is 5.10 Å². The summed E-state index contributed by atoms with van der Waals surface area (Å²) in [6.07, 6.45) is 1.51. The Balaban J connectivity index is 1.47. The van der Waals surface area contributed by atoms with E-state index in [9.17, 15) is 4.79 Å². The fourth-order valence-electron chi connectivity index (χ4n) is 3.83. The van der Waals surface area contributed by atoms with Gasteiger partial charge in [-0.3, -0.25) is 14.4 Å². The predicted octanol–water partition coefficient (Wildman–Crippen LogP) is 2.87. The standard InChI is InChI=1S/C22H32N4O/c1-16(2)14-26-18(4)21(17(3)24-26)13-22(27)23-10-12-25-11-9-19-7-5-6-8-20(19)15-25/h5-8,16H,9-15H2,1-4H3,(H,23,27). The number of nitrogens with zero attached hydrogens (tertiary/aromatic N) is 3. The summed E-state index contributed by atoms with van der Waals surface area (Å²) in [5, 5.41) is 7.70. The van der Waals surface area contributed by atoms with Crippen molar-refractivity contribution in [2.75, 3.05) is 19.6 Å². The Hall–Kier alpha value is -2.14. The number of benzene rings is 1. The second-order valence-electron chi connectivity index (χ2n) is 8.05. The van der Waals surface area contributed by atoms with Crippen LogP contribution in [-0.4, -0.2) is 40.2 Å². The van der Waals surface area contributed by atoms with Crippen LogP contribution in [0.15, 0.2) is 24.3 Å². The Morgan fingerprint density at radius 2 is 1.96 bits per heavy atom. The number of carbonyl (C=O) groups is 1. The van der Waals surface area contributed by atoms with Crippen LogP contribution in [0.5, 0.6) is 0 Å². The number of aryl methyl sites for hydroxylation is 1. The van der Waals surface area contributed by atoms with Crippen LogP contribution in [0.1, 0.15) is 41.9 Å². The van der Waals surface area contributed by atoms with E-state index in [-0.39, 0.29) is 5.91 Å². The van der Waals surface area contributed by atoms with Crippen molar-refractivity contribution in [3.63, 3.8) is 0 Å². The summed E-state index contributed by atoms with van der Waals surface area (Å²) in [5.41, 5.74) is 6.03. The van der Waals surface area contributed by atoms with Gasteiger partial charge in [0.1, 0.15) is 0 Å². The van der Waals surface area contributed by atoms with E-state index in [0.29, 0.717) is 18.9 Å². The molecule has 2 heterocycles. The molecule has 5 nitrogen and oxygen atoms in total. The van der Waals surface area contributed by atoms with E-state index in [2.05, 4.69) is 60.4 Å². The molecule has 146 valence electrons. The van der Waals surface area contributed by atoms with Crippen molar-refractivity contribution in [1.82, 2.24) is 20.0 Å². The molecule has 0 unspecified atom stereocenters. The van der Waals surface area contributed by atoms with Gasteiger partial charge in [0.25, 0.3) is 0 Å². The summed E-state index contributed by atoms with van der Waals surface area (Å²) in [4.78, 5) is 14.8. The molecule has 0 bridgehead atoms. The van der Waals surface area contributed by atoms with Crippen LogP contribution in [0.25, 0.3) is 0 Å². The maximum Gasteiger partial charge on any atom is 0.224 e. The molecule has 1 aliphatic rings. The maximum atomic E-state index is 12.4. The van der Waals surface area contributed by atoms with Crippen LogP contribution < -0.4 is 5.32 Å². The molecule has 1 aromatic heterocycles. The second-order valence-corrected chi connectivity index (χ2v) is 8.05. The van der Waals surface area contributed by atoms with Crippen molar-refractivity contribution in [2.24, 2.45) is 5.92 Å². The van der Waals surface area contributed by atoms with Crippen molar-refractivity contribution in [1.29, 1.82) is 0 Å². The van der Waals surface area contributed by atoms with Gasteiger partial charge < -0.3 is 5.32 Å². The maximum absolute atomic E-state index is 12.4. The van der Waals surface area contributed by atoms with Crippen LogP contribution in [0.2, 0.25) is 0 Å². The lowest BCUT2D eigenvalue weighted by Gasteiger charge is -2.28. The largest absolute Gasteiger partial charge is 0.355 e. The van der Waals surface area contributed by atoms with E-state index >= 15 is 0 Å². The molecule has 0 spiro atoms. The Morgan fingerprint density at radius 3 is 2.70 bits per heavy atom. The molecule has 0 saturated carbocycles. The molecule has 3 rings (SSSR count). The Labute approximate surface area is 162 Å². The fraction of sp³-hybridized carbons (Fsp3) is 0.545. The van der Waals surface area contributed by atoms with Gasteiger partial charge in [0.2, 0.25) is 5.91 Å². The van der Waals surface area contributed by atoms with Crippen LogP contribution in [0, 0.1) is 19.8 Å². The molecule has 2 aromatic rings. The highest BCUT2D eigenvalue weighted by atomic mass is 16.1. The second kappa shape index (κ2) is 8.70. The topological polar surface area (TPSA) is 50.2 Å². The summed E-state index contributed by atoms with van der Waals surface area (Å²) in [7, 11) is 0. The first kappa shape index (κ1) is 19.6.